The van der Waals surface area contributed by atoms with Crippen LogP contribution in [0.25, 0.3) is 22.3 Å². The molecule has 0 spiro atoms. The molecule has 0 aliphatic carbocycles. The maximum Gasteiger partial charge on any atom is 0.243 e. The van der Waals surface area contributed by atoms with E-state index in [2.05, 4.69) is 15.2 Å². The van der Waals surface area contributed by atoms with Crippen LogP contribution in [0.15, 0.2) is 59.5 Å². The maximum atomic E-state index is 13.5. The monoisotopic (exact) mass is 526 g/mol. The normalized spacial score (nSPS) is 17.7. The van der Waals surface area contributed by atoms with Gasteiger partial charge in [0.05, 0.1) is 23.6 Å². The lowest BCUT2D eigenvalue weighted by atomic mass is 9.83. The third-order valence-electron chi connectivity index (χ3n) is 6.90. The second-order valence-corrected chi connectivity index (χ2v) is 12.1. The van der Waals surface area contributed by atoms with Crippen molar-refractivity contribution in [2.45, 2.75) is 24.9 Å². The van der Waals surface area contributed by atoms with E-state index >= 15 is 0 Å². The maximum absolute atomic E-state index is 13.5. The Morgan fingerprint density at radius 1 is 1.03 bits per heavy atom. The highest BCUT2D eigenvalue weighted by molar-refractivity contribution is 7.89. The zero-order valence-electron chi connectivity index (χ0n) is 19.6. The molecule has 0 unspecified atom stereocenters. The molecule has 2 aromatic heterocycles. The minimum Gasteiger partial charge on any atom is -0.355 e. The number of fused-ring (bicyclic) bond motifs is 2. The first-order valence-electron chi connectivity index (χ1n) is 11.7. The standard InChI is InChI=1S/C25H24ClFN6O2S/c1-25(14-27)15-31(16-25)22-9-4-18-12-20(7-8-21(18)28-22)36(34,35)32-10-11-33-23(13-32)29-30-24(33)17-2-5-19(26)6-3-17/h2-9,12H,10-11,13-16H2,1H3. The molecule has 1 fully saturated rings. The van der Waals surface area contributed by atoms with E-state index in [1.54, 1.807) is 30.3 Å². The van der Waals surface area contributed by atoms with E-state index < -0.39 is 10.0 Å². The zero-order valence-corrected chi connectivity index (χ0v) is 21.2. The van der Waals surface area contributed by atoms with Crippen LogP contribution in [0.1, 0.15) is 12.7 Å². The summed E-state index contributed by atoms with van der Waals surface area (Å²) in [5, 5.41) is 9.92. The molecule has 0 N–H and O–H groups in total. The van der Waals surface area contributed by atoms with Crippen LogP contribution >= 0.6 is 11.6 Å². The van der Waals surface area contributed by atoms with Gasteiger partial charge >= 0.3 is 0 Å². The summed E-state index contributed by atoms with van der Waals surface area (Å²) in [4.78, 5) is 6.91. The van der Waals surface area contributed by atoms with Gasteiger partial charge in [-0.05, 0) is 54.6 Å². The second-order valence-electron chi connectivity index (χ2n) is 9.76. The fourth-order valence-electron chi connectivity index (χ4n) is 4.85. The first kappa shape index (κ1) is 23.3. The summed E-state index contributed by atoms with van der Waals surface area (Å²) in [5.74, 6) is 2.06. The van der Waals surface area contributed by atoms with Gasteiger partial charge in [-0.2, -0.15) is 4.31 Å². The van der Waals surface area contributed by atoms with Crippen molar-refractivity contribution >= 4 is 38.3 Å². The number of benzene rings is 2. The summed E-state index contributed by atoms with van der Waals surface area (Å²) in [7, 11) is -3.74. The SMILES string of the molecule is CC1(CF)CN(c2ccc3cc(S(=O)(=O)N4CCn5c(nnc5-c5ccc(Cl)cc5)C4)ccc3n2)C1. The lowest BCUT2D eigenvalue weighted by Crippen LogP contribution is -2.56. The quantitative estimate of drug-likeness (QED) is 0.388. The second kappa shape index (κ2) is 8.50. The van der Waals surface area contributed by atoms with E-state index in [-0.39, 0.29) is 23.5 Å². The first-order valence-corrected chi connectivity index (χ1v) is 13.5. The number of rotatable bonds is 5. The summed E-state index contributed by atoms with van der Waals surface area (Å²) >= 11 is 5.99. The third-order valence-corrected chi connectivity index (χ3v) is 8.99. The van der Waals surface area contributed by atoms with E-state index in [9.17, 15) is 12.8 Å². The van der Waals surface area contributed by atoms with Crippen LogP contribution in [-0.4, -0.2) is 58.8 Å². The lowest BCUT2D eigenvalue weighted by Gasteiger charge is -2.47. The fraction of sp³-hybridized carbons (Fsp3) is 0.320. The predicted molar refractivity (Wildman–Crippen MR) is 136 cm³/mol. The van der Waals surface area contributed by atoms with Crippen LogP contribution in [0.5, 0.6) is 0 Å². The van der Waals surface area contributed by atoms with Crippen LogP contribution in [0.2, 0.25) is 5.02 Å². The molecule has 2 aliphatic heterocycles. The van der Waals surface area contributed by atoms with Crippen LogP contribution in [-0.2, 0) is 23.1 Å². The molecule has 2 aliphatic rings. The largest absolute Gasteiger partial charge is 0.355 e. The number of alkyl halides is 1. The van der Waals surface area contributed by atoms with Crippen molar-refractivity contribution in [3.63, 3.8) is 0 Å². The van der Waals surface area contributed by atoms with E-state index in [1.807, 2.05) is 40.7 Å². The molecular formula is C25H24ClFN6O2S. The van der Waals surface area contributed by atoms with E-state index in [4.69, 9.17) is 11.6 Å². The van der Waals surface area contributed by atoms with Crippen molar-refractivity contribution in [2.75, 3.05) is 31.2 Å². The smallest absolute Gasteiger partial charge is 0.243 e. The van der Waals surface area contributed by atoms with Gasteiger partial charge in [-0.3, -0.25) is 4.39 Å². The van der Waals surface area contributed by atoms with E-state index in [0.29, 0.717) is 48.4 Å². The molecule has 4 heterocycles. The Morgan fingerprint density at radius 2 is 1.81 bits per heavy atom. The van der Waals surface area contributed by atoms with Gasteiger partial charge in [0.25, 0.3) is 0 Å². The van der Waals surface area contributed by atoms with E-state index in [0.717, 1.165) is 16.8 Å². The molecule has 36 heavy (non-hydrogen) atoms. The highest BCUT2D eigenvalue weighted by Crippen LogP contribution is 2.34. The number of sulfonamides is 1. The Kier molecular flexibility index (Phi) is 5.51. The number of aromatic nitrogens is 4. The molecule has 0 saturated carbocycles. The average molecular weight is 527 g/mol. The number of hydrogen-bond donors (Lipinski definition) is 0. The Labute approximate surface area is 213 Å². The Balaban J connectivity index is 1.23. The van der Waals surface area contributed by atoms with Gasteiger partial charge in [-0.25, -0.2) is 13.4 Å². The van der Waals surface area contributed by atoms with Crippen LogP contribution in [0.3, 0.4) is 0 Å². The Morgan fingerprint density at radius 3 is 2.56 bits per heavy atom. The van der Waals surface area contributed by atoms with Gasteiger partial charge < -0.3 is 9.47 Å². The summed E-state index contributed by atoms with van der Waals surface area (Å²) < 4.78 is 43.5. The summed E-state index contributed by atoms with van der Waals surface area (Å²) in [6.45, 7) is 3.70. The van der Waals surface area contributed by atoms with Crippen LogP contribution in [0, 0.1) is 5.41 Å². The molecule has 0 radical (unpaired) electrons. The number of anilines is 1. The topological polar surface area (TPSA) is 84.2 Å². The third kappa shape index (κ3) is 3.93. The van der Waals surface area contributed by atoms with Gasteiger partial charge in [-0.1, -0.05) is 18.5 Å². The summed E-state index contributed by atoms with van der Waals surface area (Å²) in [6.07, 6.45) is 0. The summed E-state index contributed by atoms with van der Waals surface area (Å²) in [6, 6.07) is 16.0. The Hall–Kier alpha value is -3.08. The first-order chi connectivity index (χ1) is 17.3. The van der Waals surface area contributed by atoms with Gasteiger partial charge in [-0.15, -0.1) is 10.2 Å². The minimum absolute atomic E-state index is 0.139. The van der Waals surface area contributed by atoms with Crippen molar-refractivity contribution in [1.82, 2.24) is 24.1 Å². The molecule has 4 aromatic rings. The molecule has 186 valence electrons. The number of halogens is 2. The molecule has 11 heteroatoms. The molecular weight excluding hydrogens is 503 g/mol. The highest BCUT2D eigenvalue weighted by atomic mass is 35.5. The molecule has 8 nitrogen and oxygen atoms in total. The average Bonchev–Trinajstić information content (AvgIpc) is 3.30. The molecule has 0 atom stereocenters. The van der Waals surface area contributed by atoms with Gasteiger partial charge in [0.15, 0.2) is 5.82 Å². The number of pyridine rings is 1. The minimum atomic E-state index is -3.74. The molecule has 2 aromatic carbocycles. The molecule has 6 rings (SSSR count). The van der Waals surface area contributed by atoms with Crippen molar-refractivity contribution in [1.29, 1.82) is 0 Å². The van der Waals surface area contributed by atoms with Gasteiger partial charge in [0, 0.05) is 47.6 Å². The predicted octanol–water partition coefficient (Wildman–Crippen LogP) is 4.15. The van der Waals surface area contributed by atoms with Crippen molar-refractivity contribution < 1.29 is 12.8 Å². The number of hydrogen-bond acceptors (Lipinski definition) is 6. The van der Waals surface area contributed by atoms with E-state index in [1.165, 1.54) is 4.31 Å². The Bertz CT molecular complexity index is 1570. The molecule has 1 saturated heterocycles. The van der Waals surface area contributed by atoms with Crippen LogP contribution < -0.4 is 4.90 Å². The molecule has 0 amide bonds. The van der Waals surface area contributed by atoms with Crippen molar-refractivity contribution in [2.24, 2.45) is 5.41 Å². The van der Waals surface area contributed by atoms with Crippen molar-refractivity contribution in [3.8, 4) is 11.4 Å². The summed E-state index contributed by atoms with van der Waals surface area (Å²) in [5.41, 5.74) is 1.26. The van der Waals surface area contributed by atoms with Crippen molar-refractivity contribution in [3.05, 3.63) is 65.4 Å². The van der Waals surface area contributed by atoms with Gasteiger partial charge in [0.2, 0.25) is 10.0 Å². The van der Waals surface area contributed by atoms with Crippen LogP contribution in [0.4, 0.5) is 10.2 Å². The zero-order chi connectivity index (χ0) is 25.1. The highest BCUT2D eigenvalue weighted by Gasteiger charge is 2.39. The fourth-order valence-corrected chi connectivity index (χ4v) is 6.40. The van der Waals surface area contributed by atoms with Gasteiger partial charge in [0.1, 0.15) is 11.6 Å². The number of nitrogens with zero attached hydrogens (tertiary/aromatic N) is 6. The molecule has 0 bridgehead atoms. The lowest BCUT2D eigenvalue weighted by molar-refractivity contribution is 0.178.